The van der Waals surface area contributed by atoms with Crippen molar-refractivity contribution in [2.24, 2.45) is 0 Å². The van der Waals surface area contributed by atoms with Crippen molar-refractivity contribution in [3.63, 3.8) is 0 Å². The van der Waals surface area contributed by atoms with Gasteiger partial charge in [-0.2, -0.15) is 0 Å². The Balaban J connectivity index is 1.87. The number of benzene rings is 2. The van der Waals surface area contributed by atoms with Crippen molar-refractivity contribution in [2.75, 3.05) is 6.61 Å². The SMILES string of the molecule is CC(C)=CCOc1cc([C@H]2Oc3cc(O)cc(O)c3C[C@H]2O)ccc1O. The largest absolute Gasteiger partial charge is 0.508 e. The quantitative estimate of drug-likeness (QED) is 0.627. The second-order valence-corrected chi connectivity index (χ2v) is 6.57. The second-order valence-electron chi connectivity index (χ2n) is 6.57. The van der Waals surface area contributed by atoms with Gasteiger partial charge < -0.3 is 29.9 Å². The van der Waals surface area contributed by atoms with Gasteiger partial charge >= 0.3 is 0 Å². The van der Waals surface area contributed by atoms with E-state index >= 15 is 0 Å². The van der Waals surface area contributed by atoms with E-state index < -0.39 is 12.2 Å². The Kier molecular flexibility index (Phi) is 4.95. The number of ether oxygens (including phenoxy) is 2. The van der Waals surface area contributed by atoms with Gasteiger partial charge in [-0.05, 0) is 37.6 Å². The van der Waals surface area contributed by atoms with Crippen molar-refractivity contribution in [2.45, 2.75) is 32.5 Å². The molecule has 3 rings (SSSR count). The van der Waals surface area contributed by atoms with Crippen molar-refractivity contribution >= 4 is 0 Å². The van der Waals surface area contributed by atoms with Gasteiger partial charge in [0.05, 0.1) is 6.10 Å². The van der Waals surface area contributed by atoms with Crippen LogP contribution >= 0.6 is 0 Å². The lowest BCUT2D eigenvalue weighted by Gasteiger charge is -2.31. The maximum absolute atomic E-state index is 10.5. The molecular formula is C20H22O6. The molecule has 0 fully saturated rings. The van der Waals surface area contributed by atoms with Crippen LogP contribution in [0.4, 0.5) is 0 Å². The molecule has 0 spiro atoms. The first-order valence-corrected chi connectivity index (χ1v) is 8.34. The summed E-state index contributed by atoms with van der Waals surface area (Å²) in [5.74, 6) is 0.372. The number of aromatic hydroxyl groups is 3. The molecule has 0 saturated carbocycles. The van der Waals surface area contributed by atoms with Crippen molar-refractivity contribution in [3.05, 3.63) is 53.1 Å². The monoisotopic (exact) mass is 358 g/mol. The van der Waals surface area contributed by atoms with E-state index in [1.807, 2.05) is 19.9 Å². The third kappa shape index (κ3) is 3.70. The number of allylic oxidation sites excluding steroid dienone is 1. The topological polar surface area (TPSA) is 99.4 Å². The van der Waals surface area contributed by atoms with E-state index in [4.69, 9.17) is 9.47 Å². The molecule has 6 heteroatoms. The van der Waals surface area contributed by atoms with Gasteiger partial charge in [-0.3, -0.25) is 0 Å². The molecule has 0 radical (unpaired) electrons. The van der Waals surface area contributed by atoms with Gasteiger partial charge in [-0.1, -0.05) is 11.6 Å². The van der Waals surface area contributed by atoms with Crippen molar-refractivity contribution < 1.29 is 29.9 Å². The summed E-state index contributed by atoms with van der Waals surface area (Å²) in [6, 6.07) is 7.37. The first kappa shape index (κ1) is 17.9. The lowest BCUT2D eigenvalue weighted by Crippen LogP contribution is -2.30. The van der Waals surface area contributed by atoms with E-state index in [1.165, 1.54) is 18.2 Å². The van der Waals surface area contributed by atoms with Gasteiger partial charge in [-0.25, -0.2) is 0 Å². The van der Waals surface area contributed by atoms with E-state index in [9.17, 15) is 20.4 Å². The average Bonchev–Trinajstić information content (AvgIpc) is 2.56. The van der Waals surface area contributed by atoms with Gasteiger partial charge in [-0.15, -0.1) is 0 Å². The zero-order valence-electron chi connectivity index (χ0n) is 14.6. The number of phenols is 3. The van der Waals surface area contributed by atoms with Crippen LogP contribution in [-0.2, 0) is 6.42 Å². The Labute approximate surface area is 151 Å². The number of phenolic OH excluding ortho intramolecular Hbond substituents is 3. The predicted molar refractivity (Wildman–Crippen MR) is 95.9 cm³/mol. The van der Waals surface area contributed by atoms with Crippen molar-refractivity contribution in [1.29, 1.82) is 0 Å². The highest BCUT2D eigenvalue weighted by Gasteiger charge is 2.32. The normalized spacial score (nSPS) is 18.6. The summed E-state index contributed by atoms with van der Waals surface area (Å²) in [6.07, 6.45) is 0.462. The van der Waals surface area contributed by atoms with E-state index in [0.717, 1.165) is 5.57 Å². The number of aliphatic hydroxyl groups is 1. The highest BCUT2D eigenvalue weighted by atomic mass is 16.5. The predicted octanol–water partition coefficient (Wildman–Crippen LogP) is 3.19. The highest BCUT2D eigenvalue weighted by molar-refractivity contribution is 5.52. The minimum absolute atomic E-state index is 0.00288. The molecule has 0 aromatic heterocycles. The molecule has 2 aromatic rings. The summed E-state index contributed by atoms with van der Waals surface area (Å²) in [5.41, 5.74) is 2.17. The number of hydrogen-bond donors (Lipinski definition) is 4. The molecule has 138 valence electrons. The first-order valence-electron chi connectivity index (χ1n) is 8.34. The Morgan fingerprint density at radius 3 is 2.65 bits per heavy atom. The summed E-state index contributed by atoms with van der Waals surface area (Å²) in [5, 5.41) is 40.0. The molecule has 0 bridgehead atoms. The number of fused-ring (bicyclic) bond motifs is 1. The minimum Gasteiger partial charge on any atom is -0.508 e. The molecule has 2 aromatic carbocycles. The van der Waals surface area contributed by atoms with Crippen LogP contribution in [0.1, 0.15) is 31.1 Å². The minimum atomic E-state index is -0.895. The fourth-order valence-electron chi connectivity index (χ4n) is 2.87. The van der Waals surface area contributed by atoms with Crippen molar-refractivity contribution in [3.8, 4) is 28.7 Å². The Bertz CT molecular complexity index is 838. The zero-order valence-corrected chi connectivity index (χ0v) is 14.6. The first-order chi connectivity index (χ1) is 12.3. The molecule has 0 aliphatic carbocycles. The van der Waals surface area contributed by atoms with Gasteiger partial charge in [0.1, 0.15) is 30.0 Å². The number of aliphatic hydroxyl groups excluding tert-OH is 1. The zero-order chi connectivity index (χ0) is 18.8. The molecule has 2 atom stereocenters. The van der Waals surface area contributed by atoms with Crippen LogP contribution in [0.25, 0.3) is 0 Å². The molecule has 1 aliphatic heterocycles. The van der Waals surface area contributed by atoms with Gasteiger partial charge in [0.2, 0.25) is 0 Å². The lowest BCUT2D eigenvalue weighted by molar-refractivity contribution is 0.0196. The second kappa shape index (κ2) is 7.17. The van der Waals surface area contributed by atoms with Gasteiger partial charge in [0.15, 0.2) is 11.5 Å². The Morgan fingerprint density at radius 2 is 1.92 bits per heavy atom. The summed E-state index contributed by atoms with van der Waals surface area (Å²) in [7, 11) is 0. The third-order valence-electron chi connectivity index (χ3n) is 4.23. The van der Waals surface area contributed by atoms with Crippen LogP contribution in [0.5, 0.6) is 28.7 Å². The average molecular weight is 358 g/mol. The van der Waals surface area contributed by atoms with Crippen LogP contribution < -0.4 is 9.47 Å². The van der Waals surface area contributed by atoms with Crippen LogP contribution in [0.3, 0.4) is 0 Å². The summed E-state index contributed by atoms with van der Waals surface area (Å²) < 4.78 is 11.4. The Hall–Kier alpha value is -2.86. The van der Waals surface area contributed by atoms with Crippen LogP contribution in [0, 0.1) is 0 Å². The Morgan fingerprint density at radius 1 is 1.15 bits per heavy atom. The summed E-state index contributed by atoms with van der Waals surface area (Å²) >= 11 is 0. The van der Waals surface area contributed by atoms with Crippen molar-refractivity contribution in [1.82, 2.24) is 0 Å². The molecule has 6 nitrogen and oxygen atoms in total. The third-order valence-corrected chi connectivity index (χ3v) is 4.23. The van der Waals surface area contributed by atoms with E-state index in [-0.39, 0.29) is 23.7 Å². The fraction of sp³-hybridized carbons (Fsp3) is 0.300. The molecule has 4 N–H and O–H groups in total. The van der Waals surface area contributed by atoms with E-state index in [1.54, 1.807) is 12.1 Å². The lowest BCUT2D eigenvalue weighted by atomic mass is 9.94. The molecule has 0 unspecified atom stereocenters. The molecule has 0 saturated heterocycles. The molecule has 26 heavy (non-hydrogen) atoms. The van der Waals surface area contributed by atoms with Crippen LogP contribution in [0.2, 0.25) is 0 Å². The number of hydrogen-bond acceptors (Lipinski definition) is 6. The molecule has 1 aliphatic rings. The van der Waals surface area contributed by atoms with Gasteiger partial charge in [0.25, 0.3) is 0 Å². The number of rotatable bonds is 4. The van der Waals surface area contributed by atoms with E-state index in [0.29, 0.717) is 29.2 Å². The molecule has 1 heterocycles. The fourth-order valence-corrected chi connectivity index (χ4v) is 2.87. The highest BCUT2D eigenvalue weighted by Crippen LogP contribution is 2.42. The van der Waals surface area contributed by atoms with E-state index in [2.05, 4.69) is 0 Å². The standard InChI is InChI=1S/C20H22O6/c1-11(2)5-6-25-19-7-12(3-4-15(19)22)20-17(24)10-14-16(23)8-13(21)9-18(14)26-20/h3-5,7-9,17,20-24H,6,10H2,1-2H3/t17-,20-/m1/s1. The summed E-state index contributed by atoms with van der Waals surface area (Å²) in [4.78, 5) is 0. The molecule has 0 amide bonds. The summed E-state index contributed by atoms with van der Waals surface area (Å²) in [6.45, 7) is 4.22. The maximum Gasteiger partial charge on any atom is 0.161 e. The molecular weight excluding hydrogens is 336 g/mol. The van der Waals surface area contributed by atoms with Crippen LogP contribution in [0.15, 0.2) is 42.0 Å². The van der Waals surface area contributed by atoms with Crippen LogP contribution in [-0.4, -0.2) is 33.1 Å². The maximum atomic E-state index is 10.5. The smallest absolute Gasteiger partial charge is 0.161 e. The van der Waals surface area contributed by atoms with Gasteiger partial charge in [0, 0.05) is 24.1 Å².